The molecule has 0 aliphatic carbocycles. The molecule has 1 unspecified atom stereocenters. The van der Waals surface area contributed by atoms with Gasteiger partial charge < -0.3 is 4.57 Å². The number of hydrogen-bond donors (Lipinski definition) is 0. The fourth-order valence-corrected chi connectivity index (χ4v) is 11.3. The van der Waals surface area contributed by atoms with Crippen LogP contribution in [0.2, 0.25) is 0 Å². The maximum absolute atomic E-state index is 14.8. The summed E-state index contributed by atoms with van der Waals surface area (Å²) >= 11 is 1.85. The molecule has 5 heteroatoms. The molecule has 11 rings (SSSR count). The molecular formula is C48H30N2OS2. The van der Waals surface area contributed by atoms with Gasteiger partial charge in [0.15, 0.2) is 0 Å². The van der Waals surface area contributed by atoms with Gasteiger partial charge in [0.25, 0.3) is 0 Å². The first-order chi connectivity index (χ1) is 26.1. The minimum Gasteiger partial charge on any atom is -0.309 e. The van der Waals surface area contributed by atoms with E-state index in [1.165, 1.54) is 42.1 Å². The number of fused-ring (bicyclic) bond motifs is 9. The van der Waals surface area contributed by atoms with Crippen LogP contribution in [0.3, 0.4) is 0 Å². The fourth-order valence-electron chi connectivity index (χ4n) is 8.06. The highest BCUT2D eigenvalue weighted by molar-refractivity contribution is 7.94. The lowest BCUT2D eigenvalue weighted by Crippen LogP contribution is -2.07. The number of rotatable bonds is 4. The molecule has 0 amide bonds. The first-order valence-corrected chi connectivity index (χ1v) is 20.1. The standard InChI is InChI=1S/C48H30N2OS2/c51-53(36-13-5-2-6-14-36)48-26-22-34(30-42(48)37-15-7-9-17-43(37)49-53)32-20-24-45-40(28-32)39-27-31(19-23-44(39)50(45)35-11-3-1-4-12-35)33-21-25-47-41(29-33)38-16-8-10-18-46(38)52-47/h1-30H. The van der Waals surface area contributed by atoms with Gasteiger partial charge in [0.1, 0.15) is 9.73 Å². The Kier molecular flexibility index (Phi) is 6.66. The zero-order chi connectivity index (χ0) is 35.1. The van der Waals surface area contributed by atoms with Crippen molar-refractivity contribution in [2.24, 2.45) is 4.36 Å². The highest BCUT2D eigenvalue weighted by Gasteiger charge is 2.27. The molecule has 250 valence electrons. The molecule has 0 N–H and O–H groups in total. The minimum atomic E-state index is -2.86. The molecule has 3 nitrogen and oxygen atoms in total. The van der Waals surface area contributed by atoms with Gasteiger partial charge in [-0.05, 0) is 107 Å². The van der Waals surface area contributed by atoms with Crippen LogP contribution in [-0.4, -0.2) is 8.78 Å². The highest BCUT2D eigenvalue weighted by atomic mass is 32.2. The zero-order valence-electron chi connectivity index (χ0n) is 28.4. The quantitative estimate of drug-likeness (QED) is 0.179. The third kappa shape index (κ3) is 4.68. The third-order valence-corrected chi connectivity index (χ3v) is 14.1. The van der Waals surface area contributed by atoms with E-state index < -0.39 is 9.73 Å². The Bertz CT molecular complexity index is 3220. The van der Waals surface area contributed by atoms with Crippen molar-refractivity contribution in [3.05, 3.63) is 182 Å². The first kappa shape index (κ1) is 30.4. The van der Waals surface area contributed by atoms with Gasteiger partial charge in [-0.25, -0.2) is 4.21 Å². The summed E-state index contributed by atoms with van der Waals surface area (Å²) in [5, 5.41) is 5.00. The van der Waals surface area contributed by atoms with Crippen molar-refractivity contribution in [1.29, 1.82) is 0 Å². The van der Waals surface area contributed by atoms with Crippen molar-refractivity contribution in [2.45, 2.75) is 9.79 Å². The van der Waals surface area contributed by atoms with E-state index in [0.717, 1.165) is 54.5 Å². The minimum absolute atomic E-state index is 0.723. The smallest absolute Gasteiger partial charge is 0.109 e. The second-order valence-electron chi connectivity index (χ2n) is 13.6. The van der Waals surface area contributed by atoms with Crippen LogP contribution in [0.1, 0.15) is 0 Å². The van der Waals surface area contributed by atoms with Crippen molar-refractivity contribution in [2.75, 3.05) is 0 Å². The lowest BCUT2D eigenvalue weighted by molar-refractivity contribution is 0.676. The van der Waals surface area contributed by atoms with E-state index in [0.29, 0.717) is 0 Å². The SMILES string of the molecule is O=S1(c2ccccc2)=Nc2ccccc2-c2cc(-c3ccc4c(c3)c3cc(-c5ccc6sc7ccccc7c6c5)ccc3n4-c3ccccc3)ccc21. The van der Waals surface area contributed by atoms with Crippen molar-refractivity contribution in [3.8, 4) is 39.1 Å². The van der Waals surface area contributed by atoms with E-state index in [1.54, 1.807) is 0 Å². The van der Waals surface area contributed by atoms with Crippen molar-refractivity contribution < 1.29 is 4.21 Å². The van der Waals surface area contributed by atoms with Crippen LogP contribution in [0.25, 0.3) is 81.0 Å². The molecule has 1 aliphatic heterocycles. The lowest BCUT2D eigenvalue weighted by atomic mass is 9.96. The molecule has 1 atom stereocenters. The monoisotopic (exact) mass is 714 g/mol. The topological polar surface area (TPSA) is 34.4 Å². The molecular weight excluding hydrogens is 685 g/mol. The maximum atomic E-state index is 14.8. The van der Waals surface area contributed by atoms with Gasteiger partial charge in [-0.2, -0.15) is 4.36 Å². The average Bonchev–Trinajstić information content (AvgIpc) is 3.76. The van der Waals surface area contributed by atoms with Gasteiger partial charge >= 0.3 is 0 Å². The molecule has 53 heavy (non-hydrogen) atoms. The molecule has 0 bridgehead atoms. The largest absolute Gasteiger partial charge is 0.309 e. The van der Waals surface area contributed by atoms with E-state index >= 15 is 0 Å². The summed E-state index contributed by atoms with van der Waals surface area (Å²) in [6, 6.07) is 63.9. The summed E-state index contributed by atoms with van der Waals surface area (Å²) in [4.78, 5) is 1.48. The van der Waals surface area contributed by atoms with Crippen LogP contribution in [0, 0.1) is 0 Å². The Morgan fingerprint density at radius 1 is 0.453 bits per heavy atom. The molecule has 3 heterocycles. The maximum Gasteiger partial charge on any atom is 0.109 e. The second-order valence-corrected chi connectivity index (χ2v) is 16.8. The number of hydrogen-bond acceptors (Lipinski definition) is 3. The van der Waals surface area contributed by atoms with Crippen molar-refractivity contribution in [3.63, 3.8) is 0 Å². The van der Waals surface area contributed by atoms with E-state index in [4.69, 9.17) is 4.36 Å². The van der Waals surface area contributed by atoms with Gasteiger partial charge in [-0.1, -0.05) is 97.1 Å². The Balaban J connectivity index is 1.11. The van der Waals surface area contributed by atoms with Crippen LogP contribution in [-0.2, 0) is 9.73 Å². The number of para-hydroxylation sites is 1. The Morgan fingerprint density at radius 2 is 1.02 bits per heavy atom. The molecule has 0 saturated heterocycles. The van der Waals surface area contributed by atoms with Crippen molar-refractivity contribution in [1.82, 2.24) is 4.57 Å². The molecule has 0 saturated carbocycles. The van der Waals surface area contributed by atoms with Gasteiger partial charge in [0.2, 0.25) is 0 Å². The molecule has 0 fully saturated rings. The second kappa shape index (κ2) is 11.6. The Morgan fingerprint density at radius 3 is 1.77 bits per heavy atom. The summed E-state index contributed by atoms with van der Waals surface area (Å²) in [6.07, 6.45) is 0. The number of thiophene rings is 1. The van der Waals surface area contributed by atoms with Crippen LogP contribution in [0.5, 0.6) is 0 Å². The van der Waals surface area contributed by atoms with Crippen LogP contribution in [0.15, 0.2) is 196 Å². The van der Waals surface area contributed by atoms with Gasteiger partial charge in [0.05, 0.1) is 26.5 Å². The summed E-state index contributed by atoms with van der Waals surface area (Å²) in [6.45, 7) is 0. The summed E-state index contributed by atoms with van der Waals surface area (Å²) < 4.78 is 24.7. The zero-order valence-corrected chi connectivity index (χ0v) is 30.1. The van der Waals surface area contributed by atoms with Crippen LogP contribution >= 0.6 is 11.3 Å². The molecule has 8 aromatic carbocycles. The van der Waals surface area contributed by atoms with E-state index in [-0.39, 0.29) is 0 Å². The summed E-state index contributed by atoms with van der Waals surface area (Å²) in [5.74, 6) is 0. The van der Waals surface area contributed by atoms with Crippen LogP contribution < -0.4 is 0 Å². The van der Waals surface area contributed by atoms with Gasteiger partial charge in [-0.15, -0.1) is 11.3 Å². The predicted octanol–water partition coefficient (Wildman–Crippen LogP) is 13.7. The van der Waals surface area contributed by atoms with Gasteiger partial charge in [-0.3, -0.25) is 0 Å². The fraction of sp³-hybridized carbons (Fsp3) is 0. The van der Waals surface area contributed by atoms with E-state index in [2.05, 4.69) is 132 Å². The average molecular weight is 715 g/mol. The molecule has 2 aromatic heterocycles. The first-order valence-electron chi connectivity index (χ1n) is 17.7. The number of nitrogens with zero attached hydrogens (tertiary/aromatic N) is 2. The third-order valence-electron chi connectivity index (χ3n) is 10.6. The summed E-state index contributed by atoms with van der Waals surface area (Å²) in [5.41, 5.74) is 10.8. The van der Waals surface area contributed by atoms with Crippen molar-refractivity contribution >= 4 is 68.7 Å². The molecule has 0 spiro atoms. The number of benzene rings is 8. The highest BCUT2D eigenvalue weighted by Crippen LogP contribution is 2.46. The van der Waals surface area contributed by atoms with E-state index in [1.807, 2.05) is 65.9 Å². The summed E-state index contributed by atoms with van der Waals surface area (Å²) in [7, 11) is -2.86. The van der Waals surface area contributed by atoms with E-state index in [9.17, 15) is 4.21 Å². The predicted molar refractivity (Wildman–Crippen MR) is 223 cm³/mol. The normalized spacial score (nSPS) is 15.1. The number of aromatic nitrogens is 1. The Labute approximate surface area is 311 Å². The van der Waals surface area contributed by atoms with Crippen LogP contribution in [0.4, 0.5) is 5.69 Å². The molecule has 0 radical (unpaired) electrons. The Hall–Kier alpha value is -6.27. The lowest BCUT2D eigenvalue weighted by Gasteiger charge is -2.22. The van der Waals surface area contributed by atoms with Gasteiger partial charge in [0, 0.05) is 47.8 Å². The molecule has 10 aromatic rings. The molecule has 1 aliphatic rings.